The van der Waals surface area contributed by atoms with Crippen molar-refractivity contribution in [2.24, 2.45) is 4.40 Å². The Morgan fingerprint density at radius 2 is 1.93 bits per heavy atom. The lowest BCUT2D eigenvalue weighted by atomic mass is 10.2. The van der Waals surface area contributed by atoms with Crippen molar-refractivity contribution < 1.29 is 9.35 Å². The van der Waals surface area contributed by atoms with E-state index in [1.807, 2.05) is 55.7 Å². The van der Waals surface area contributed by atoms with E-state index in [0.717, 1.165) is 0 Å². The molecule has 1 amide bonds. The van der Waals surface area contributed by atoms with Gasteiger partial charge in [-0.25, -0.2) is 9.97 Å². The lowest BCUT2D eigenvalue weighted by Crippen LogP contribution is -2.49. The summed E-state index contributed by atoms with van der Waals surface area (Å²) in [5, 5.41) is 8.81. The second kappa shape index (κ2) is 10.4. The molecule has 0 bridgehead atoms. The topological polar surface area (TPSA) is 109 Å². The predicted octanol–water partition coefficient (Wildman–Crippen LogP) is 2.26. The molecule has 1 aromatic rings. The van der Waals surface area contributed by atoms with E-state index in [9.17, 15) is 9.35 Å². The number of anilines is 1. The number of hydrogen-bond donors (Lipinski definition) is 0. The van der Waals surface area contributed by atoms with Gasteiger partial charge in [0.25, 0.3) is 0 Å². The third kappa shape index (κ3) is 7.15. The van der Waals surface area contributed by atoms with Crippen LogP contribution in [0.15, 0.2) is 28.9 Å². The fourth-order valence-corrected chi connectivity index (χ4v) is 3.21. The zero-order valence-electron chi connectivity index (χ0n) is 17.5. The Bertz CT molecular complexity index is 787. The number of amides is 1. The molecular weight excluding hydrogens is 388 g/mol. The molecule has 0 N–H and O–H groups in total. The van der Waals surface area contributed by atoms with Crippen LogP contribution in [0.5, 0.6) is 0 Å². The quantitative estimate of drug-likeness (QED) is 0.520. The number of carbonyl (C=O) groups excluding carboxylic acids is 1. The van der Waals surface area contributed by atoms with E-state index in [1.54, 1.807) is 0 Å². The fourth-order valence-electron chi connectivity index (χ4n) is 2.62. The highest BCUT2D eigenvalue weighted by atomic mass is 32.2. The van der Waals surface area contributed by atoms with Crippen LogP contribution in [0.25, 0.3) is 0 Å². The maximum Gasteiger partial charge on any atom is 0.225 e. The number of rotatable bonds is 6. The highest BCUT2D eigenvalue weighted by Gasteiger charge is 2.26. The van der Waals surface area contributed by atoms with Gasteiger partial charge in [0.15, 0.2) is 0 Å². The first-order valence-corrected chi connectivity index (χ1v) is 10.7. The number of nitrogens with zero attached hydrogens (tertiary/aromatic N) is 6. The summed E-state index contributed by atoms with van der Waals surface area (Å²) in [4.78, 5) is 24.7. The minimum absolute atomic E-state index is 0.114. The van der Waals surface area contributed by atoms with Gasteiger partial charge < -0.3 is 14.4 Å². The summed E-state index contributed by atoms with van der Waals surface area (Å²) in [6, 6.07) is 2.00. The molecule has 8 nitrogen and oxygen atoms in total. The third-order valence-corrected chi connectivity index (χ3v) is 5.82. The first-order valence-electron chi connectivity index (χ1n) is 9.59. The van der Waals surface area contributed by atoms with Crippen molar-refractivity contribution in [2.45, 2.75) is 45.3 Å². The molecule has 1 saturated heterocycles. The van der Waals surface area contributed by atoms with Crippen LogP contribution in [0.1, 0.15) is 46.1 Å². The molecule has 2 heterocycles. The molecule has 1 atom stereocenters. The molecule has 29 heavy (non-hydrogen) atoms. The summed E-state index contributed by atoms with van der Waals surface area (Å²) >= 11 is -1.28. The van der Waals surface area contributed by atoms with Crippen LogP contribution in [0, 0.1) is 11.3 Å². The predicted molar refractivity (Wildman–Crippen MR) is 115 cm³/mol. The second-order valence-electron chi connectivity index (χ2n) is 7.79. The first kappa shape index (κ1) is 22.8. The minimum Gasteiger partial charge on any atom is -0.591 e. The van der Waals surface area contributed by atoms with E-state index in [1.165, 1.54) is 12.4 Å². The summed E-state index contributed by atoms with van der Waals surface area (Å²) < 4.78 is 15.8. The van der Waals surface area contributed by atoms with Gasteiger partial charge >= 0.3 is 0 Å². The van der Waals surface area contributed by atoms with E-state index >= 15 is 0 Å². The monoisotopic (exact) mass is 416 g/mol. The Hall–Kier alpha value is -2.44. The van der Waals surface area contributed by atoms with Crippen LogP contribution < -0.4 is 4.90 Å². The summed E-state index contributed by atoms with van der Waals surface area (Å²) in [5.74, 6) is 0.698. The highest BCUT2D eigenvalue weighted by molar-refractivity contribution is 7.91. The van der Waals surface area contributed by atoms with Crippen molar-refractivity contribution in [2.75, 3.05) is 31.1 Å². The van der Waals surface area contributed by atoms with E-state index in [-0.39, 0.29) is 10.7 Å². The zero-order chi connectivity index (χ0) is 21.4. The van der Waals surface area contributed by atoms with Crippen LogP contribution in [-0.2, 0) is 16.2 Å². The molecule has 1 unspecified atom stereocenters. The SMILES string of the molecule is CC(/C=C/CCC(=O)N1CCN(c2ncc(C#N)cn2)CC1)=N/[S+]([O-])C(C)(C)C. The largest absolute Gasteiger partial charge is 0.591 e. The summed E-state index contributed by atoms with van der Waals surface area (Å²) in [6.45, 7) is 10.0. The molecule has 0 radical (unpaired) electrons. The van der Waals surface area contributed by atoms with E-state index < -0.39 is 11.4 Å². The van der Waals surface area contributed by atoms with E-state index in [2.05, 4.69) is 14.4 Å². The molecule has 0 saturated carbocycles. The number of carbonyl (C=O) groups is 1. The molecule has 0 aliphatic carbocycles. The molecule has 9 heteroatoms. The Labute approximate surface area is 175 Å². The Morgan fingerprint density at radius 3 is 2.48 bits per heavy atom. The van der Waals surface area contributed by atoms with Crippen molar-refractivity contribution >= 4 is 28.9 Å². The summed E-state index contributed by atoms with van der Waals surface area (Å²) in [7, 11) is 0. The lowest BCUT2D eigenvalue weighted by Gasteiger charge is -2.34. The number of hydrogen-bond acceptors (Lipinski definition) is 7. The lowest BCUT2D eigenvalue weighted by molar-refractivity contribution is -0.131. The zero-order valence-corrected chi connectivity index (χ0v) is 18.3. The van der Waals surface area contributed by atoms with Gasteiger partial charge in [0.1, 0.15) is 22.2 Å². The van der Waals surface area contributed by atoms with Crippen molar-refractivity contribution in [1.82, 2.24) is 14.9 Å². The maximum absolute atomic E-state index is 12.4. The summed E-state index contributed by atoms with van der Waals surface area (Å²) in [6.07, 6.45) is 7.78. The normalized spacial score (nSPS) is 16.8. The van der Waals surface area contributed by atoms with Gasteiger partial charge in [-0.3, -0.25) is 4.79 Å². The van der Waals surface area contributed by atoms with Crippen LogP contribution in [-0.4, -0.2) is 62.0 Å². The van der Waals surface area contributed by atoms with Crippen molar-refractivity contribution in [1.29, 1.82) is 5.26 Å². The third-order valence-electron chi connectivity index (χ3n) is 4.32. The van der Waals surface area contributed by atoms with Crippen LogP contribution in [0.3, 0.4) is 0 Å². The van der Waals surface area contributed by atoms with E-state index in [4.69, 9.17) is 5.26 Å². The van der Waals surface area contributed by atoms with Crippen LogP contribution >= 0.6 is 0 Å². The van der Waals surface area contributed by atoms with Crippen LogP contribution in [0.2, 0.25) is 0 Å². The maximum atomic E-state index is 12.4. The van der Waals surface area contributed by atoms with Gasteiger partial charge in [-0.05, 0) is 40.2 Å². The molecule has 1 aliphatic rings. The minimum atomic E-state index is -1.28. The number of allylic oxidation sites excluding steroid dienone is 2. The molecule has 1 aromatic heterocycles. The molecule has 1 fully saturated rings. The van der Waals surface area contributed by atoms with Gasteiger partial charge in [0, 0.05) is 32.6 Å². The highest BCUT2D eigenvalue weighted by Crippen LogP contribution is 2.17. The average Bonchev–Trinajstić information content (AvgIpc) is 2.70. The van der Waals surface area contributed by atoms with Crippen molar-refractivity contribution in [3.63, 3.8) is 0 Å². The van der Waals surface area contributed by atoms with Gasteiger partial charge in [-0.1, -0.05) is 10.5 Å². The van der Waals surface area contributed by atoms with Gasteiger partial charge in [0.2, 0.25) is 11.9 Å². The van der Waals surface area contributed by atoms with Crippen LogP contribution in [0.4, 0.5) is 5.95 Å². The Morgan fingerprint density at radius 1 is 1.31 bits per heavy atom. The van der Waals surface area contributed by atoms with E-state index in [0.29, 0.717) is 56.2 Å². The van der Waals surface area contributed by atoms with Crippen molar-refractivity contribution in [3.8, 4) is 6.07 Å². The molecular formula is C20H28N6O2S. The van der Waals surface area contributed by atoms with Gasteiger partial charge in [-0.15, -0.1) is 0 Å². The first-order chi connectivity index (χ1) is 13.7. The Kier molecular flexibility index (Phi) is 8.17. The molecule has 0 spiro atoms. The molecule has 156 valence electrons. The smallest absolute Gasteiger partial charge is 0.225 e. The summed E-state index contributed by atoms with van der Waals surface area (Å²) in [5.41, 5.74) is 1.13. The average molecular weight is 417 g/mol. The Balaban J connectivity index is 1.75. The number of piperazine rings is 1. The molecule has 2 rings (SSSR count). The molecule has 0 aromatic carbocycles. The number of aromatic nitrogens is 2. The molecule has 1 aliphatic heterocycles. The van der Waals surface area contributed by atoms with Gasteiger partial charge in [-0.2, -0.15) is 5.26 Å². The second-order valence-corrected chi connectivity index (χ2v) is 9.69. The van der Waals surface area contributed by atoms with Crippen molar-refractivity contribution in [3.05, 3.63) is 30.1 Å². The standard InChI is InChI=1S/C20H28N6O2S/c1-16(24-29(28)20(2,3)4)7-5-6-8-18(27)25-9-11-26(12-10-25)19-22-14-17(13-21)15-23-19/h5,7,14-15H,6,8-12H2,1-4H3/b7-5+,24-16-. The fraction of sp³-hybridized carbons (Fsp3) is 0.550. The van der Waals surface area contributed by atoms with Gasteiger partial charge in [0.05, 0.1) is 23.7 Å². The number of nitriles is 1.